The Morgan fingerprint density at radius 1 is 1.16 bits per heavy atom. The molecule has 0 amide bonds. The number of benzene rings is 2. The fourth-order valence-corrected chi connectivity index (χ4v) is 2.61. The molecule has 0 saturated heterocycles. The number of rotatable bonds is 2. The lowest BCUT2D eigenvalue weighted by atomic mass is 9.90. The van der Waals surface area contributed by atoms with Gasteiger partial charge in [-0.15, -0.1) is 0 Å². The molecule has 3 rings (SSSR count). The summed E-state index contributed by atoms with van der Waals surface area (Å²) >= 11 is 0. The molecule has 1 atom stereocenters. The van der Waals surface area contributed by atoms with Gasteiger partial charge in [0.1, 0.15) is 17.6 Å². The number of carbonyl (C=O) groups excluding carboxylic acids is 1. The number of aryl methyl sites for hydroxylation is 1. The van der Waals surface area contributed by atoms with Crippen LogP contribution in [0.1, 0.15) is 30.6 Å². The molecule has 1 aliphatic heterocycles. The Bertz CT molecular complexity index is 643. The van der Waals surface area contributed by atoms with E-state index in [1.165, 1.54) is 11.1 Å². The van der Waals surface area contributed by atoms with Crippen molar-refractivity contribution >= 4 is 5.78 Å². The van der Waals surface area contributed by atoms with Crippen LogP contribution >= 0.6 is 0 Å². The van der Waals surface area contributed by atoms with E-state index in [1.807, 2.05) is 18.2 Å². The van der Waals surface area contributed by atoms with E-state index < -0.39 is 0 Å². The molecule has 0 aliphatic carbocycles. The molecule has 96 valence electrons. The van der Waals surface area contributed by atoms with Crippen LogP contribution in [-0.4, -0.2) is 5.78 Å². The highest BCUT2D eigenvalue weighted by Gasteiger charge is 2.26. The van der Waals surface area contributed by atoms with Crippen LogP contribution in [0.15, 0.2) is 42.5 Å². The van der Waals surface area contributed by atoms with E-state index >= 15 is 0 Å². The molecule has 0 fully saturated rings. The highest BCUT2D eigenvalue weighted by molar-refractivity contribution is 5.80. The van der Waals surface area contributed by atoms with E-state index in [0.717, 1.165) is 16.9 Å². The molecule has 2 nitrogen and oxygen atoms in total. The minimum atomic E-state index is -0.164. The van der Waals surface area contributed by atoms with Gasteiger partial charge >= 0.3 is 0 Å². The van der Waals surface area contributed by atoms with Crippen molar-refractivity contribution < 1.29 is 9.53 Å². The SMILES string of the molecule is CC(=O)CC1Oc2ccccc2-c2cc(C)ccc21. The molecule has 1 aliphatic rings. The summed E-state index contributed by atoms with van der Waals surface area (Å²) in [6.45, 7) is 3.69. The van der Waals surface area contributed by atoms with Crippen LogP contribution in [0, 0.1) is 6.92 Å². The summed E-state index contributed by atoms with van der Waals surface area (Å²) in [4.78, 5) is 11.4. The quantitative estimate of drug-likeness (QED) is 0.805. The van der Waals surface area contributed by atoms with Crippen LogP contribution in [0.4, 0.5) is 0 Å². The number of carbonyl (C=O) groups is 1. The zero-order valence-corrected chi connectivity index (χ0v) is 11.1. The number of hydrogen-bond acceptors (Lipinski definition) is 2. The van der Waals surface area contributed by atoms with Crippen molar-refractivity contribution in [2.24, 2.45) is 0 Å². The maximum atomic E-state index is 11.4. The fraction of sp³-hybridized carbons (Fsp3) is 0.235. The van der Waals surface area contributed by atoms with Crippen LogP contribution in [0.5, 0.6) is 5.75 Å². The van der Waals surface area contributed by atoms with Crippen LogP contribution < -0.4 is 4.74 Å². The molecular weight excluding hydrogens is 236 g/mol. The summed E-state index contributed by atoms with van der Waals surface area (Å²) in [6.07, 6.45) is 0.257. The van der Waals surface area contributed by atoms with Gasteiger partial charge in [0.25, 0.3) is 0 Å². The Balaban J connectivity index is 2.16. The van der Waals surface area contributed by atoms with Gasteiger partial charge in [-0.05, 0) is 25.5 Å². The van der Waals surface area contributed by atoms with Gasteiger partial charge in [0.05, 0.1) is 0 Å². The largest absolute Gasteiger partial charge is 0.485 e. The topological polar surface area (TPSA) is 26.3 Å². The van der Waals surface area contributed by atoms with E-state index in [2.05, 4.69) is 31.2 Å². The van der Waals surface area contributed by atoms with Crippen LogP contribution in [-0.2, 0) is 4.79 Å². The molecule has 1 unspecified atom stereocenters. The van der Waals surface area contributed by atoms with Crippen LogP contribution in [0.25, 0.3) is 11.1 Å². The first kappa shape index (κ1) is 12.0. The van der Waals surface area contributed by atoms with Gasteiger partial charge in [-0.3, -0.25) is 4.79 Å². The first-order valence-corrected chi connectivity index (χ1v) is 6.51. The number of ether oxygens (including phenoxy) is 1. The number of para-hydroxylation sites is 1. The predicted octanol–water partition coefficient (Wildman–Crippen LogP) is 4.07. The van der Waals surface area contributed by atoms with Crippen LogP contribution in [0.3, 0.4) is 0 Å². The number of ketones is 1. The molecule has 0 bridgehead atoms. The molecule has 1 heterocycles. The second kappa shape index (κ2) is 4.54. The first-order valence-electron chi connectivity index (χ1n) is 6.51. The molecule has 0 saturated carbocycles. The summed E-state index contributed by atoms with van der Waals surface area (Å²) in [5, 5.41) is 0. The van der Waals surface area contributed by atoms with Gasteiger partial charge in [-0.2, -0.15) is 0 Å². The van der Waals surface area contributed by atoms with Crippen molar-refractivity contribution in [3.05, 3.63) is 53.6 Å². The van der Waals surface area contributed by atoms with E-state index in [-0.39, 0.29) is 11.9 Å². The Hall–Kier alpha value is -2.09. The third-order valence-electron chi connectivity index (χ3n) is 3.47. The highest BCUT2D eigenvalue weighted by atomic mass is 16.5. The Morgan fingerprint density at radius 3 is 2.74 bits per heavy atom. The third kappa shape index (κ3) is 2.14. The lowest BCUT2D eigenvalue weighted by Crippen LogP contribution is -2.16. The number of fused-ring (bicyclic) bond motifs is 3. The lowest BCUT2D eigenvalue weighted by Gasteiger charge is -2.28. The van der Waals surface area contributed by atoms with Crippen molar-refractivity contribution in [1.82, 2.24) is 0 Å². The maximum Gasteiger partial charge on any atom is 0.133 e. The summed E-state index contributed by atoms with van der Waals surface area (Å²) < 4.78 is 5.99. The van der Waals surface area contributed by atoms with E-state index in [9.17, 15) is 4.79 Å². The highest BCUT2D eigenvalue weighted by Crippen LogP contribution is 2.43. The second-order valence-corrected chi connectivity index (χ2v) is 5.10. The fourth-order valence-electron chi connectivity index (χ4n) is 2.61. The van der Waals surface area contributed by atoms with Crippen molar-refractivity contribution in [2.45, 2.75) is 26.4 Å². The van der Waals surface area contributed by atoms with Crippen molar-refractivity contribution in [2.75, 3.05) is 0 Å². The maximum absolute atomic E-state index is 11.4. The van der Waals surface area contributed by atoms with Crippen molar-refractivity contribution in [1.29, 1.82) is 0 Å². The average Bonchev–Trinajstić information content (AvgIpc) is 2.38. The smallest absolute Gasteiger partial charge is 0.133 e. The van der Waals surface area contributed by atoms with E-state index in [4.69, 9.17) is 4.74 Å². The molecule has 19 heavy (non-hydrogen) atoms. The average molecular weight is 252 g/mol. The second-order valence-electron chi connectivity index (χ2n) is 5.10. The molecule has 0 aromatic heterocycles. The Kier molecular flexibility index (Phi) is 2.86. The van der Waals surface area contributed by atoms with Crippen molar-refractivity contribution in [3.63, 3.8) is 0 Å². The molecule has 0 radical (unpaired) electrons. The third-order valence-corrected chi connectivity index (χ3v) is 3.47. The summed E-state index contributed by atoms with van der Waals surface area (Å²) in [6, 6.07) is 14.3. The molecule has 0 spiro atoms. The molecule has 2 aromatic carbocycles. The summed E-state index contributed by atoms with van der Waals surface area (Å²) in [7, 11) is 0. The Labute approximate surface area is 113 Å². The zero-order chi connectivity index (χ0) is 13.4. The minimum absolute atomic E-state index is 0.149. The number of hydrogen-bond donors (Lipinski definition) is 0. The monoisotopic (exact) mass is 252 g/mol. The van der Waals surface area contributed by atoms with E-state index in [1.54, 1.807) is 6.92 Å². The molecule has 2 aromatic rings. The Morgan fingerprint density at radius 2 is 1.95 bits per heavy atom. The van der Waals surface area contributed by atoms with Gasteiger partial charge in [0.2, 0.25) is 0 Å². The normalized spacial score (nSPS) is 16.2. The van der Waals surface area contributed by atoms with Crippen LogP contribution in [0.2, 0.25) is 0 Å². The summed E-state index contributed by atoms with van der Waals surface area (Å²) in [5.41, 5.74) is 4.63. The van der Waals surface area contributed by atoms with Gasteiger partial charge in [0, 0.05) is 17.5 Å². The minimum Gasteiger partial charge on any atom is -0.485 e. The zero-order valence-electron chi connectivity index (χ0n) is 11.1. The van der Waals surface area contributed by atoms with Gasteiger partial charge < -0.3 is 4.74 Å². The first-order chi connectivity index (χ1) is 9.15. The predicted molar refractivity (Wildman–Crippen MR) is 75.3 cm³/mol. The van der Waals surface area contributed by atoms with Gasteiger partial charge in [-0.25, -0.2) is 0 Å². The van der Waals surface area contributed by atoms with Gasteiger partial charge in [-0.1, -0.05) is 42.0 Å². The standard InChI is InChI=1S/C17H16O2/c1-11-7-8-14-15(9-11)13-5-3-4-6-16(13)19-17(14)10-12(2)18/h3-9,17H,10H2,1-2H3. The lowest BCUT2D eigenvalue weighted by molar-refractivity contribution is -0.118. The molecular formula is C17H16O2. The number of Topliss-reactive ketones (excluding diaryl/α,β-unsaturated/α-hetero) is 1. The molecule has 2 heteroatoms. The van der Waals surface area contributed by atoms with E-state index in [0.29, 0.717) is 6.42 Å². The summed E-state index contributed by atoms with van der Waals surface area (Å²) in [5.74, 6) is 1.02. The van der Waals surface area contributed by atoms with Crippen molar-refractivity contribution in [3.8, 4) is 16.9 Å². The molecule has 0 N–H and O–H groups in total. The van der Waals surface area contributed by atoms with Gasteiger partial charge in [0.15, 0.2) is 0 Å².